The summed E-state index contributed by atoms with van der Waals surface area (Å²) >= 11 is 0. The number of carbonyl (C=O) groups excluding carboxylic acids is 2. The first kappa shape index (κ1) is 15.3. The summed E-state index contributed by atoms with van der Waals surface area (Å²) < 4.78 is 5.51. The number of hydrogen-bond acceptors (Lipinski definition) is 3. The maximum Gasteiger partial charge on any atom is 0.245 e. The quantitative estimate of drug-likeness (QED) is 0.846. The van der Waals surface area contributed by atoms with Crippen LogP contribution in [0.3, 0.4) is 0 Å². The Morgan fingerprint density at radius 1 is 1.35 bits per heavy atom. The van der Waals surface area contributed by atoms with Crippen LogP contribution in [0, 0.1) is 5.92 Å². The van der Waals surface area contributed by atoms with Gasteiger partial charge >= 0.3 is 0 Å². The third kappa shape index (κ3) is 3.32. The van der Waals surface area contributed by atoms with E-state index in [4.69, 9.17) is 4.74 Å². The lowest BCUT2D eigenvalue weighted by Crippen LogP contribution is -2.51. The normalized spacial score (nSPS) is 31.6. The summed E-state index contributed by atoms with van der Waals surface area (Å²) in [7, 11) is 1.71. The number of ether oxygens (including phenoxy) is 1. The van der Waals surface area contributed by atoms with Crippen molar-refractivity contribution in [1.29, 1.82) is 0 Å². The molecule has 0 spiro atoms. The van der Waals surface area contributed by atoms with Gasteiger partial charge in [-0.25, -0.2) is 0 Å². The van der Waals surface area contributed by atoms with Crippen LogP contribution in [-0.4, -0.2) is 48.6 Å². The van der Waals surface area contributed by atoms with E-state index in [-0.39, 0.29) is 30.0 Å². The molecule has 2 amide bonds. The van der Waals surface area contributed by atoms with Crippen molar-refractivity contribution in [2.45, 2.75) is 64.1 Å². The molecular formula is C15H26N2O3. The molecule has 1 heterocycles. The van der Waals surface area contributed by atoms with Gasteiger partial charge in [-0.15, -0.1) is 0 Å². The van der Waals surface area contributed by atoms with Crippen molar-refractivity contribution < 1.29 is 14.3 Å². The van der Waals surface area contributed by atoms with E-state index in [9.17, 15) is 9.59 Å². The molecule has 5 nitrogen and oxygen atoms in total. The number of nitrogens with one attached hydrogen (secondary N) is 1. The monoisotopic (exact) mass is 282 g/mol. The molecule has 1 aliphatic heterocycles. The Labute approximate surface area is 121 Å². The molecule has 0 bridgehead atoms. The van der Waals surface area contributed by atoms with Crippen LogP contribution in [0.1, 0.15) is 46.0 Å². The van der Waals surface area contributed by atoms with E-state index < -0.39 is 0 Å². The molecule has 0 aromatic rings. The second-order valence-corrected chi connectivity index (χ2v) is 6.30. The molecule has 2 rings (SSSR count). The highest BCUT2D eigenvalue weighted by Crippen LogP contribution is 2.28. The standard InChI is InChI=1S/C15H26N2O3/c1-10(2)9-11-15(19)17(8-7-14(18)16-11)12-5-4-6-13(12)20-3/h10-13H,4-9H2,1-3H3,(H,16,18). The minimum atomic E-state index is -0.372. The van der Waals surface area contributed by atoms with Gasteiger partial charge in [-0.05, 0) is 31.6 Å². The van der Waals surface area contributed by atoms with Crippen molar-refractivity contribution in [3.63, 3.8) is 0 Å². The van der Waals surface area contributed by atoms with Crippen molar-refractivity contribution in [1.82, 2.24) is 10.2 Å². The Morgan fingerprint density at radius 2 is 2.10 bits per heavy atom. The topological polar surface area (TPSA) is 58.6 Å². The highest BCUT2D eigenvalue weighted by atomic mass is 16.5. The number of methoxy groups -OCH3 is 1. The molecule has 5 heteroatoms. The fourth-order valence-electron chi connectivity index (χ4n) is 3.36. The molecule has 0 radical (unpaired) electrons. The van der Waals surface area contributed by atoms with Crippen LogP contribution in [0.2, 0.25) is 0 Å². The van der Waals surface area contributed by atoms with Crippen LogP contribution in [0.5, 0.6) is 0 Å². The predicted molar refractivity (Wildman–Crippen MR) is 76.2 cm³/mol. The summed E-state index contributed by atoms with van der Waals surface area (Å²) in [6.45, 7) is 4.66. The van der Waals surface area contributed by atoms with Crippen LogP contribution in [0.15, 0.2) is 0 Å². The number of amides is 2. The molecule has 2 aliphatic rings. The van der Waals surface area contributed by atoms with E-state index in [0.29, 0.717) is 25.3 Å². The second-order valence-electron chi connectivity index (χ2n) is 6.30. The van der Waals surface area contributed by atoms with Crippen molar-refractivity contribution in [2.24, 2.45) is 5.92 Å². The van der Waals surface area contributed by atoms with Crippen LogP contribution in [-0.2, 0) is 14.3 Å². The van der Waals surface area contributed by atoms with E-state index in [1.807, 2.05) is 4.90 Å². The van der Waals surface area contributed by atoms with Crippen molar-refractivity contribution in [3.8, 4) is 0 Å². The van der Waals surface area contributed by atoms with Gasteiger partial charge < -0.3 is 15.0 Å². The lowest BCUT2D eigenvalue weighted by Gasteiger charge is -2.33. The van der Waals surface area contributed by atoms with Gasteiger partial charge in [0, 0.05) is 20.1 Å². The Bertz CT molecular complexity index is 370. The molecule has 0 aromatic heterocycles. The lowest BCUT2D eigenvalue weighted by molar-refractivity contribution is -0.138. The highest BCUT2D eigenvalue weighted by Gasteiger charge is 2.39. The van der Waals surface area contributed by atoms with Crippen molar-refractivity contribution in [3.05, 3.63) is 0 Å². The van der Waals surface area contributed by atoms with Gasteiger partial charge in [0.2, 0.25) is 11.8 Å². The number of carbonyl (C=O) groups is 2. The number of hydrogen-bond donors (Lipinski definition) is 1. The number of rotatable bonds is 4. The molecule has 0 aromatic carbocycles. The molecular weight excluding hydrogens is 256 g/mol. The first-order valence-corrected chi connectivity index (χ1v) is 7.65. The summed E-state index contributed by atoms with van der Waals surface area (Å²) in [4.78, 5) is 26.4. The molecule has 20 heavy (non-hydrogen) atoms. The fourth-order valence-corrected chi connectivity index (χ4v) is 3.36. The average Bonchev–Trinajstić information content (AvgIpc) is 2.80. The van der Waals surface area contributed by atoms with Crippen molar-refractivity contribution >= 4 is 11.8 Å². The molecule has 1 saturated heterocycles. The zero-order valence-electron chi connectivity index (χ0n) is 12.7. The van der Waals surface area contributed by atoms with E-state index in [0.717, 1.165) is 19.3 Å². The zero-order valence-corrected chi connectivity index (χ0v) is 12.7. The lowest BCUT2D eigenvalue weighted by atomic mass is 10.0. The molecule has 1 N–H and O–H groups in total. The summed E-state index contributed by atoms with van der Waals surface area (Å²) in [5.74, 6) is 0.433. The van der Waals surface area contributed by atoms with Gasteiger partial charge in [0.1, 0.15) is 6.04 Å². The van der Waals surface area contributed by atoms with Gasteiger partial charge in [-0.1, -0.05) is 13.8 Å². The van der Waals surface area contributed by atoms with E-state index in [1.54, 1.807) is 7.11 Å². The molecule has 3 atom stereocenters. The van der Waals surface area contributed by atoms with Gasteiger partial charge in [-0.3, -0.25) is 9.59 Å². The summed E-state index contributed by atoms with van der Waals surface area (Å²) in [6, 6.07) is -0.238. The van der Waals surface area contributed by atoms with Crippen LogP contribution in [0.4, 0.5) is 0 Å². The van der Waals surface area contributed by atoms with E-state index in [1.165, 1.54) is 0 Å². The zero-order chi connectivity index (χ0) is 14.7. The molecule has 1 saturated carbocycles. The molecule has 1 aliphatic carbocycles. The smallest absolute Gasteiger partial charge is 0.245 e. The third-order valence-electron chi connectivity index (χ3n) is 4.32. The fraction of sp³-hybridized carbons (Fsp3) is 0.867. The first-order valence-electron chi connectivity index (χ1n) is 7.65. The Balaban J connectivity index is 2.14. The van der Waals surface area contributed by atoms with Gasteiger partial charge in [0.25, 0.3) is 0 Å². The molecule has 114 valence electrons. The van der Waals surface area contributed by atoms with Gasteiger partial charge in [0.05, 0.1) is 12.1 Å². The van der Waals surface area contributed by atoms with Gasteiger partial charge in [-0.2, -0.15) is 0 Å². The molecule has 3 unspecified atom stereocenters. The Hall–Kier alpha value is -1.10. The average molecular weight is 282 g/mol. The van der Waals surface area contributed by atoms with Gasteiger partial charge in [0.15, 0.2) is 0 Å². The van der Waals surface area contributed by atoms with Crippen LogP contribution in [0.25, 0.3) is 0 Å². The van der Waals surface area contributed by atoms with Crippen LogP contribution >= 0.6 is 0 Å². The second kappa shape index (κ2) is 6.57. The molecule has 2 fully saturated rings. The summed E-state index contributed by atoms with van der Waals surface area (Å²) in [5, 5.41) is 2.88. The summed E-state index contributed by atoms with van der Waals surface area (Å²) in [5.41, 5.74) is 0. The van der Waals surface area contributed by atoms with E-state index in [2.05, 4.69) is 19.2 Å². The van der Waals surface area contributed by atoms with E-state index >= 15 is 0 Å². The van der Waals surface area contributed by atoms with Crippen molar-refractivity contribution in [2.75, 3.05) is 13.7 Å². The predicted octanol–water partition coefficient (Wildman–Crippen LogP) is 1.32. The van der Waals surface area contributed by atoms with Crippen LogP contribution < -0.4 is 5.32 Å². The minimum absolute atomic E-state index is 0.0153. The summed E-state index contributed by atoms with van der Waals surface area (Å²) in [6.07, 6.45) is 4.28. The Morgan fingerprint density at radius 3 is 2.75 bits per heavy atom. The highest BCUT2D eigenvalue weighted by molar-refractivity contribution is 5.90. The third-order valence-corrected chi connectivity index (χ3v) is 4.32. The maximum absolute atomic E-state index is 12.7. The Kier molecular flexibility index (Phi) is 5.02. The minimum Gasteiger partial charge on any atom is -0.379 e. The SMILES string of the molecule is COC1CCCC1N1CCC(=O)NC(CC(C)C)C1=O. The first-order chi connectivity index (χ1) is 9.52. The maximum atomic E-state index is 12.7. The number of nitrogens with zero attached hydrogens (tertiary/aromatic N) is 1. The largest absolute Gasteiger partial charge is 0.379 e.